The van der Waals surface area contributed by atoms with Gasteiger partial charge in [0.25, 0.3) is 11.8 Å². The molecule has 0 bridgehead atoms. The van der Waals surface area contributed by atoms with Gasteiger partial charge in [0.1, 0.15) is 6.29 Å². The number of carbonyl (C=O) groups is 3. The summed E-state index contributed by atoms with van der Waals surface area (Å²) >= 11 is 0. The first-order chi connectivity index (χ1) is 17.0. The number of nitrogens with zero attached hydrogens (tertiary/aromatic N) is 3. The van der Waals surface area contributed by atoms with E-state index in [0.29, 0.717) is 35.6 Å². The topological polar surface area (TPSA) is 84.3 Å². The zero-order valence-electron chi connectivity index (χ0n) is 21.2. The van der Waals surface area contributed by atoms with Crippen LogP contribution in [0.3, 0.4) is 0 Å². The van der Waals surface area contributed by atoms with E-state index in [0.717, 1.165) is 43.0 Å². The standard InChI is InChI=1S/C26H30N4O3.C2H6/c1-18-9-11-19(12-10-18)24(32)28-26-27-22-17-20(13-14-23(22)30(26)15-6-16-31)25(33)29(2)21-7-4-3-5-8-21;1-2/h9-14,16-17,21H,3-8,15H2,1-2H3,(H,27,28,32);1-2H3. The number of benzene rings is 2. The summed E-state index contributed by atoms with van der Waals surface area (Å²) in [6, 6.07) is 13.0. The van der Waals surface area contributed by atoms with Gasteiger partial charge >= 0.3 is 0 Å². The van der Waals surface area contributed by atoms with Gasteiger partial charge in [-0.2, -0.15) is 0 Å². The Morgan fingerprint density at radius 3 is 2.37 bits per heavy atom. The highest BCUT2D eigenvalue weighted by Crippen LogP contribution is 2.26. The van der Waals surface area contributed by atoms with Crippen LogP contribution in [0, 0.1) is 6.92 Å². The Bertz CT molecular complexity index is 1160. The van der Waals surface area contributed by atoms with E-state index >= 15 is 0 Å². The van der Waals surface area contributed by atoms with Crippen LogP contribution in [-0.4, -0.2) is 45.6 Å². The number of aryl methyl sites for hydroxylation is 2. The van der Waals surface area contributed by atoms with E-state index in [1.54, 1.807) is 24.3 Å². The highest BCUT2D eigenvalue weighted by Gasteiger charge is 2.24. The van der Waals surface area contributed by atoms with Crippen LogP contribution in [0.25, 0.3) is 11.0 Å². The lowest BCUT2D eigenvalue weighted by Crippen LogP contribution is -2.38. The molecule has 0 atom stereocenters. The average molecular weight is 477 g/mol. The van der Waals surface area contributed by atoms with E-state index < -0.39 is 0 Å². The molecule has 0 unspecified atom stereocenters. The van der Waals surface area contributed by atoms with Crippen LogP contribution in [0.2, 0.25) is 0 Å². The third-order valence-corrected chi connectivity index (χ3v) is 6.45. The van der Waals surface area contributed by atoms with Crippen LogP contribution < -0.4 is 5.32 Å². The van der Waals surface area contributed by atoms with E-state index in [4.69, 9.17) is 0 Å². The van der Waals surface area contributed by atoms with Gasteiger partial charge in [0, 0.05) is 37.2 Å². The molecule has 0 radical (unpaired) electrons. The fourth-order valence-electron chi connectivity index (χ4n) is 4.48. The van der Waals surface area contributed by atoms with Gasteiger partial charge in [-0.25, -0.2) is 4.98 Å². The number of aldehydes is 1. The lowest BCUT2D eigenvalue weighted by atomic mass is 9.94. The number of aromatic nitrogens is 2. The molecule has 1 aliphatic rings. The van der Waals surface area contributed by atoms with Gasteiger partial charge in [0.2, 0.25) is 5.95 Å². The maximum atomic E-state index is 13.1. The number of fused-ring (bicyclic) bond motifs is 1. The van der Waals surface area contributed by atoms with E-state index in [1.165, 1.54) is 6.42 Å². The molecule has 7 heteroatoms. The maximum absolute atomic E-state index is 13.1. The highest BCUT2D eigenvalue weighted by molar-refractivity contribution is 6.04. The molecule has 0 spiro atoms. The number of imidazole rings is 1. The minimum atomic E-state index is -0.272. The number of carbonyl (C=O) groups excluding carboxylic acids is 3. The summed E-state index contributed by atoms with van der Waals surface area (Å²) in [5, 5.41) is 2.87. The summed E-state index contributed by atoms with van der Waals surface area (Å²) in [5.74, 6) is 0.0742. The molecular weight excluding hydrogens is 440 g/mol. The van der Waals surface area contributed by atoms with Crippen molar-refractivity contribution in [2.75, 3.05) is 12.4 Å². The first kappa shape index (κ1) is 26.1. The zero-order valence-corrected chi connectivity index (χ0v) is 21.2. The maximum Gasteiger partial charge on any atom is 0.257 e. The fraction of sp³-hybridized carbons (Fsp3) is 0.429. The molecule has 4 rings (SSSR count). The smallest absolute Gasteiger partial charge is 0.257 e. The lowest BCUT2D eigenvalue weighted by molar-refractivity contribution is -0.108. The SMILES string of the molecule is CC.Cc1ccc(C(=O)Nc2nc3cc(C(=O)N(C)C4CCCCC4)ccc3n2CCC=O)cc1. The van der Waals surface area contributed by atoms with Gasteiger partial charge in [0.15, 0.2) is 0 Å². The van der Waals surface area contributed by atoms with Crippen molar-refractivity contribution in [1.29, 1.82) is 0 Å². The number of anilines is 1. The Balaban J connectivity index is 0.00000167. The van der Waals surface area contributed by atoms with Crippen molar-refractivity contribution >= 4 is 35.1 Å². The quantitative estimate of drug-likeness (QED) is 0.449. The molecule has 35 heavy (non-hydrogen) atoms. The van der Waals surface area contributed by atoms with Crippen molar-refractivity contribution in [3.8, 4) is 0 Å². The largest absolute Gasteiger partial charge is 0.339 e. The number of hydrogen-bond donors (Lipinski definition) is 1. The van der Waals surface area contributed by atoms with Crippen molar-refractivity contribution in [3.05, 3.63) is 59.2 Å². The van der Waals surface area contributed by atoms with Crippen molar-refractivity contribution in [3.63, 3.8) is 0 Å². The van der Waals surface area contributed by atoms with Crippen LogP contribution in [0.5, 0.6) is 0 Å². The van der Waals surface area contributed by atoms with Crippen LogP contribution in [-0.2, 0) is 11.3 Å². The van der Waals surface area contributed by atoms with Crippen LogP contribution in [0.4, 0.5) is 5.95 Å². The highest BCUT2D eigenvalue weighted by atomic mass is 16.2. The third kappa shape index (κ3) is 6.15. The predicted molar refractivity (Wildman–Crippen MR) is 140 cm³/mol. The van der Waals surface area contributed by atoms with E-state index in [-0.39, 0.29) is 17.9 Å². The summed E-state index contributed by atoms with van der Waals surface area (Å²) in [4.78, 5) is 43.4. The Kier molecular flexibility index (Phi) is 9.18. The van der Waals surface area contributed by atoms with E-state index in [1.807, 2.05) is 55.5 Å². The van der Waals surface area contributed by atoms with Crippen molar-refractivity contribution in [2.24, 2.45) is 0 Å². The van der Waals surface area contributed by atoms with Crippen molar-refractivity contribution in [1.82, 2.24) is 14.5 Å². The van der Waals surface area contributed by atoms with Crippen LogP contribution in [0.1, 0.15) is 78.7 Å². The number of rotatable bonds is 7. The molecule has 0 aliphatic heterocycles. The average Bonchev–Trinajstić information content (AvgIpc) is 3.24. The first-order valence-electron chi connectivity index (χ1n) is 12.6. The third-order valence-electron chi connectivity index (χ3n) is 6.45. The summed E-state index contributed by atoms with van der Waals surface area (Å²) < 4.78 is 1.81. The molecule has 2 amide bonds. The van der Waals surface area contributed by atoms with Gasteiger partial charge in [-0.15, -0.1) is 0 Å². The van der Waals surface area contributed by atoms with Gasteiger partial charge < -0.3 is 14.3 Å². The van der Waals surface area contributed by atoms with Crippen molar-refractivity contribution in [2.45, 2.75) is 71.9 Å². The molecule has 1 N–H and O–H groups in total. The molecule has 1 fully saturated rings. The second-order valence-electron chi connectivity index (χ2n) is 8.77. The van der Waals surface area contributed by atoms with E-state index in [2.05, 4.69) is 10.3 Å². The van der Waals surface area contributed by atoms with Crippen molar-refractivity contribution < 1.29 is 14.4 Å². The molecule has 2 aromatic carbocycles. The fourth-order valence-corrected chi connectivity index (χ4v) is 4.48. The van der Waals surface area contributed by atoms with Gasteiger partial charge in [-0.3, -0.25) is 14.9 Å². The number of hydrogen-bond acceptors (Lipinski definition) is 4. The molecule has 3 aromatic rings. The summed E-state index contributed by atoms with van der Waals surface area (Å²) in [7, 11) is 1.87. The minimum absolute atomic E-state index is 0.0171. The molecular formula is C28H36N4O3. The molecule has 7 nitrogen and oxygen atoms in total. The molecule has 1 heterocycles. The molecule has 1 aromatic heterocycles. The monoisotopic (exact) mass is 476 g/mol. The number of nitrogens with one attached hydrogen (secondary N) is 1. The van der Waals surface area contributed by atoms with Gasteiger partial charge in [-0.05, 0) is 50.1 Å². The van der Waals surface area contributed by atoms with E-state index in [9.17, 15) is 14.4 Å². The van der Waals surface area contributed by atoms with Gasteiger partial charge in [-0.1, -0.05) is 50.8 Å². The second kappa shape index (κ2) is 12.3. The van der Waals surface area contributed by atoms with Gasteiger partial charge in [0.05, 0.1) is 11.0 Å². The summed E-state index contributed by atoms with van der Waals surface area (Å²) in [6.07, 6.45) is 6.77. The predicted octanol–water partition coefficient (Wildman–Crippen LogP) is 5.62. The van der Waals surface area contributed by atoms with Crippen LogP contribution >= 0.6 is 0 Å². The Labute approximate surface area is 207 Å². The normalized spacial score (nSPS) is 13.6. The molecule has 0 saturated heterocycles. The zero-order chi connectivity index (χ0) is 25.4. The second-order valence-corrected chi connectivity index (χ2v) is 8.77. The van der Waals surface area contributed by atoms with Crippen LogP contribution in [0.15, 0.2) is 42.5 Å². The molecule has 186 valence electrons. The first-order valence-corrected chi connectivity index (χ1v) is 12.6. The molecule has 1 aliphatic carbocycles. The minimum Gasteiger partial charge on any atom is -0.339 e. The summed E-state index contributed by atoms with van der Waals surface area (Å²) in [6.45, 7) is 6.35. The molecule has 1 saturated carbocycles. The Hall–Kier alpha value is -3.48. The lowest BCUT2D eigenvalue weighted by Gasteiger charge is -2.31. The Morgan fingerprint density at radius 2 is 1.71 bits per heavy atom. The summed E-state index contributed by atoms with van der Waals surface area (Å²) in [5.41, 5.74) is 3.56. The Morgan fingerprint density at radius 1 is 1.06 bits per heavy atom. The number of amides is 2.